The number of hydrogen-bond acceptors (Lipinski definition) is 4. The summed E-state index contributed by atoms with van der Waals surface area (Å²) in [6, 6.07) is 130. The highest BCUT2D eigenvalue weighted by Crippen LogP contribution is 2.49. The number of ether oxygens (including phenoxy) is 4. The lowest BCUT2D eigenvalue weighted by Gasteiger charge is -2.37. The van der Waals surface area contributed by atoms with E-state index < -0.39 is 10.8 Å². The Morgan fingerprint density at radius 1 is 0.151 bits per heavy atom. The van der Waals surface area contributed by atoms with Crippen LogP contribution >= 0.6 is 0 Å². The highest BCUT2D eigenvalue weighted by atomic mass is 16.5. The third-order valence-electron chi connectivity index (χ3n) is 21.6. The van der Waals surface area contributed by atoms with Crippen LogP contribution in [0.25, 0.3) is 48.6 Å². The van der Waals surface area contributed by atoms with Gasteiger partial charge >= 0.3 is 0 Å². The Bertz CT molecular complexity index is 6230. The van der Waals surface area contributed by atoms with Gasteiger partial charge < -0.3 is 18.9 Å². The Labute approximate surface area is 739 Å². The fourth-order valence-electron chi connectivity index (χ4n) is 15.3. The summed E-state index contributed by atoms with van der Waals surface area (Å²) in [6.07, 6.45) is 62.4. The van der Waals surface area contributed by atoms with Crippen molar-refractivity contribution in [2.45, 2.75) is 10.8 Å². The van der Waals surface area contributed by atoms with Gasteiger partial charge in [-0.1, -0.05) is 314 Å². The molecule has 0 aliphatic carbocycles. The first-order chi connectivity index (χ1) is 61.9. The summed E-state index contributed by atoms with van der Waals surface area (Å²) in [6.45, 7) is 0. The van der Waals surface area contributed by atoms with Gasteiger partial charge in [-0.15, -0.1) is 51.4 Å². The van der Waals surface area contributed by atoms with Crippen molar-refractivity contribution in [2.24, 2.45) is 0 Å². The maximum atomic E-state index is 6.29. The predicted octanol–water partition coefficient (Wildman–Crippen LogP) is 27.8. The zero-order valence-corrected chi connectivity index (χ0v) is 68.8. The Balaban J connectivity index is 0.000000195. The van der Waals surface area contributed by atoms with Crippen molar-refractivity contribution in [3.8, 4) is 145 Å². The summed E-state index contributed by atoms with van der Waals surface area (Å²) in [4.78, 5) is 0. The van der Waals surface area contributed by atoms with E-state index in [1.165, 1.54) is 0 Å². The second-order valence-corrected chi connectivity index (χ2v) is 29.6. The minimum atomic E-state index is -0.881. The van der Waals surface area contributed by atoms with Gasteiger partial charge in [-0.25, -0.2) is 0 Å². The van der Waals surface area contributed by atoms with Gasteiger partial charge in [0.25, 0.3) is 0 Å². The molecule has 126 heavy (non-hydrogen) atoms. The van der Waals surface area contributed by atoms with E-state index in [1.54, 1.807) is 0 Å². The van der Waals surface area contributed by atoms with Gasteiger partial charge in [0.1, 0.15) is 46.0 Å². The van der Waals surface area contributed by atoms with E-state index in [2.05, 4.69) is 266 Å². The van der Waals surface area contributed by atoms with E-state index in [9.17, 15) is 0 Å². The summed E-state index contributed by atoms with van der Waals surface area (Å²) in [5, 5.41) is 0. The van der Waals surface area contributed by atoms with E-state index in [1.807, 2.05) is 218 Å². The number of benzene rings is 16. The van der Waals surface area contributed by atoms with Crippen LogP contribution in [0.5, 0.6) is 46.0 Å². The molecule has 16 rings (SSSR count). The van der Waals surface area contributed by atoms with E-state index >= 15 is 0 Å². The average molecular weight is 1610 g/mol. The molecule has 0 aliphatic rings. The second-order valence-electron chi connectivity index (χ2n) is 29.6. The topological polar surface area (TPSA) is 36.9 Å². The summed E-state index contributed by atoms with van der Waals surface area (Å²) >= 11 is 0. The third kappa shape index (κ3) is 20.0. The molecule has 4 nitrogen and oxygen atoms in total. The minimum Gasteiger partial charge on any atom is -0.457 e. The SMILES string of the molecule is C#Cc1cccc(/C=C/c2ccc(C(c3ccc(/C=C/c4cccc(C#C)c4)cc3)(c3ccc(/C=C/c4cccc(C#C)c4)cc3)c3ccc(/C=C/c4cccc(C#C)c4)cc3)cc2)c1.C#Cc1cccc(Oc2ccc(C(c3ccc(Oc4cccc(C#C)c4)cc3)(c3ccc(Oc4cccc(C#C)c4)cc3)c3ccc(Oc4cccc(C#C)c4)cc3)cc2)c1. The molecule has 0 unspecified atom stereocenters. The first kappa shape index (κ1) is 83.2. The van der Waals surface area contributed by atoms with E-state index in [0.717, 1.165) is 134 Å². The van der Waals surface area contributed by atoms with Crippen LogP contribution in [0.4, 0.5) is 0 Å². The van der Waals surface area contributed by atoms with Crippen molar-refractivity contribution >= 4 is 48.6 Å². The molecular weight excluding hydrogens is 1530 g/mol. The molecule has 0 spiro atoms. The molecular formula is C122H80O4. The Kier molecular flexibility index (Phi) is 26.3. The molecule has 0 N–H and O–H groups in total. The predicted molar refractivity (Wildman–Crippen MR) is 521 cm³/mol. The molecule has 592 valence electrons. The molecule has 0 aromatic heterocycles. The molecule has 16 aromatic carbocycles. The van der Waals surface area contributed by atoms with Gasteiger partial charge in [-0.2, -0.15) is 0 Å². The van der Waals surface area contributed by atoms with Crippen LogP contribution in [0.2, 0.25) is 0 Å². The van der Waals surface area contributed by atoms with Gasteiger partial charge in [0, 0.05) is 44.5 Å². The van der Waals surface area contributed by atoms with Crippen LogP contribution in [-0.4, -0.2) is 0 Å². The first-order valence-electron chi connectivity index (χ1n) is 40.7. The lowest BCUT2D eigenvalue weighted by atomic mass is 9.64. The summed E-state index contributed by atoms with van der Waals surface area (Å²) in [5.41, 5.74) is 21.6. The van der Waals surface area contributed by atoms with Crippen LogP contribution < -0.4 is 18.9 Å². The summed E-state index contributed by atoms with van der Waals surface area (Å²) in [5.74, 6) is 26.8. The Morgan fingerprint density at radius 2 is 0.302 bits per heavy atom. The standard InChI is InChI=1S/C65H44.C57H36O4/c1-5-49-13-9-17-57(45-49)25-21-53-29-37-61(38-30-53)65(62-39-31-54(32-40-62)22-26-58-18-10-14-50(6-2)46-58,63-41-33-55(34-42-63)23-27-59-19-11-15-51(7-3)47-59)64-43-35-56(36-44-64)24-28-60-20-12-16-52(8-4)48-60;1-5-41-13-9-17-53(37-41)58-49-29-21-45(22-30-49)57(46-23-31-50(32-24-46)59-54-18-10-14-42(6-2)38-54,47-25-33-51(34-26-47)60-55-19-11-15-43(7-3)39-55)48-27-35-52(36-28-48)61-56-20-12-16-44(8-4)40-56/h1-4,9-48H;1-4,9-40H/b25-21+,26-22+,27-23+,28-24+;. The van der Waals surface area contributed by atoms with Crippen LogP contribution in [0.1, 0.15) is 134 Å². The van der Waals surface area contributed by atoms with Crippen molar-refractivity contribution in [3.05, 3.63) is 522 Å². The summed E-state index contributed by atoms with van der Waals surface area (Å²) < 4.78 is 25.2. The maximum absolute atomic E-state index is 6.29. The van der Waals surface area contributed by atoms with Crippen LogP contribution in [0, 0.1) is 98.8 Å². The molecule has 16 aromatic rings. The van der Waals surface area contributed by atoms with Gasteiger partial charge in [0.2, 0.25) is 0 Å². The molecule has 0 bridgehead atoms. The number of terminal acetylenes is 8. The zero-order valence-electron chi connectivity index (χ0n) is 68.8. The molecule has 0 heterocycles. The molecule has 0 saturated carbocycles. The molecule has 0 atom stereocenters. The first-order valence-corrected chi connectivity index (χ1v) is 40.7. The van der Waals surface area contributed by atoms with E-state index in [-0.39, 0.29) is 0 Å². The van der Waals surface area contributed by atoms with Gasteiger partial charge in [-0.3, -0.25) is 0 Å². The molecule has 0 saturated heterocycles. The normalized spacial score (nSPS) is 11.0. The van der Waals surface area contributed by atoms with Gasteiger partial charge in [-0.05, 0) is 259 Å². The third-order valence-corrected chi connectivity index (χ3v) is 21.6. The fraction of sp³-hybridized carbons (Fsp3) is 0.0164. The number of rotatable bonds is 24. The fourth-order valence-corrected chi connectivity index (χ4v) is 15.3. The summed E-state index contributed by atoms with van der Waals surface area (Å²) in [7, 11) is 0. The molecule has 4 heteroatoms. The van der Waals surface area contributed by atoms with Crippen LogP contribution in [0.15, 0.2) is 388 Å². The van der Waals surface area contributed by atoms with E-state index in [4.69, 9.17) is 70.3 Å². The van der Waals surface area contributed by atoms with Crippen molar-refractivity contribution in [2.75, 3.05) is 0 Å². The molecule has 0 amide bonds. The lowest BCUT2D eigenvalue weighted by Crippen LogP contribution is -2.31. The minimum absolute atomic E-state index is 0.643. The number of hydrogen-bond donors (Lipinski definition) is 0. The zero-order chi connectivity index (χ0) is 86.9. The van der Waals surface area contributed by atoms with Crippen molar-refractivity contribution < 1.29 is 18.9 Å². The highest BCUT2D eigenvalue weighted by Gasteiger charge is 2.40. The molecule has 0 aliphatic heterocycles. The molecule has 0 fully saturated rings. The van der Waals surface area contributed by atoms with Gasteiger partial charge in [0.05, 0.1) is 10.8 Å². The van der Waals surface area contributed by atoms with Crippen molar-refractivity contribution in [1.29, 1.82) is 0 Å². The van der Waals surface area contributed by atoms with Crippen LogP contribution in [-0.2, 0) is 10.8 Å². The highest BCUT2D eigenvalue weighted by molar-refractivity contribution is 5.77. The largest absolute Gasteiger partial charge is 0.457 e. The van der Waals surface area contributed by atoms with Gasteiger partial charge in [0.15, 0.2) is 0 Å². The Morgan fingerprint density at radius 3 is 0.476 bits per heavy atom. The van der Waals surface area contributed by atoms with Crippen molar-refractivity contribution in [1.82, 2.24) is 0 Å². The second kappa shape index (κ2) is 39.8. The Hall–Kier alpha value is -17.8. The maximum Gasteiger partial charge on any atom is 0.128 e. The smallest absolute Gasteiger partial charge is 0.128 e. The monoisotopic (exact) mass is 1610 g/mol. The van der Waals surface area contributed by atoms with E-state index in [0.29, 0.717) is 46.0 Å². The quantitative estimate of drug-likeness (QED) is 0.0343. The van der Waals surface area contributed by atoms with Crippen LogP contribution in [0.3, 0.4) is 0 Å². The molecule has 0 radical (unpaired) electrons. The van der Waals surface area contributed by atoms with Crippen molar-refractivity contribution in [3.63, 3.8) is 0 Å². The lowest BCUT2D eigenvalue weighted by molar-refractivity contribution is 0.481. The average Bonchev–Trinajstić information content (AvgIpc) is 0.734.